The average molecular weight is 188 g/mol. The van der Waals surface area contributed by atoms with E-state index < -0.39 is 0 Å². The standard InChI is InChI=1S/C9H20N2O2/c1-2-7-13-8-3-6-11-9(12)4-5-10/h2-8,10H2,1H3,(H,11,12). The molecule has 0 saturated carbocycles. The Kier molecular flexibility index (Phi) is 9.03. The van der Waals surface area contributed by atoms with E-state index in [1.54, 1.807) is 0 Å². The predicted molar refractivity (Wildman–Crippen MR) is 52.4 cm³/mol. The summed E-state index contributed by atoms with van der Waals surface area (Å²) in [6.07, 6.45) is 2.33. The number of hydrogen-bond donors (Lipinski definition) is 2. The van der Waals surface area contributed by atoms with Gasteiger partial charge in [0.2, 0.25) is 5.91 Å². The van der Waals surface area contributed by atoms with E-state index >= 15 is 0 Å². The molecule has 0 aliphatic rings. The van der Waals surface area contributed by atoms with Crippen LogP contribution in [-0.4, -0.2) is 32.2 Å². The fourth-order valence-electron chi connectivity index (χ4n) is 0.868. The number of carbonyl (C=O) groups is 1. The third kappa shape index (κ3) is 9.30. The lowest BCUT2D eigenvalue weighted by atomic mass is 10.4. The van der Waals surface area contributed by atoms with E-state index in [-0.39, 0.29) is 5.91 Å². The maximum atomic E-state index is 10.9. The second kappa shape index (κ2) is 9.48. The first-order valence-corrected chi connectivity index (χ1v) is 4.85. The summed E-state index contributed by atoms with van der Waals surface area (Å²) in [4.78, 5) is 10.9. The van der Waals surface area contributed by atoms with Gasteiger partial charge in [0.1, 0.15) is 0 Å². The van der Waals surface area contributed by atoms with Gasteiger partial charge in [-0.25, -0.2) is 0 Å². The highest BCUT2D eigenvalue weighted by atomic mass is 16.5. The molecule has 0 bridgehead atoms. The van der Waals surface area contributed by atoms with Gasteiger partial charge in [-0.3, -0.25) is 4.79 Å². The molecule has 78 valence electrons. The summed E-state index contributed by atoms with van der Waals surface area (Å²) in [6, 6.07) is 0. The maximum Gasteiger partial charge on any atom is 0.221 e. The van der Waals surface area contributed by atoms with Crippen LogP contribution < -0.4 is 11.1 Å². The molecule has 0 spiro atoms. The normalized spacial score (nSPS) is 10.0. The highest BCUT2D eigenvalue weighted by Gasteiger charge is 1.96. The van der Waals surface area contributed by atoms with Gasteiger partial charge in [-0.2, -0.15) is 0 Å². The summed E-state index contributed by atoms with van der Waals surface area (Å²) >= 11 is 0. The molecule has 0 aliphatic carbocycles. The van der Waals surface area contributed by atoms with Crippen molar-refractivity contribution in [1.82, 2.24) is 5.32 Å². The van der Waals surface area contributed by atoms with Gasteiger partial charge in [0.05, 0.1) is 0 Å². The number of carbonyl (C=O) groups excluding carboxylic acids is 1. The van der Waals surface area contributed by atoms with Crippen molar-refractivity contribution < 1.29 is 9.53 Å². The van der Waals surface area contributed by atoms with Crippen LogP contribution in [0, 0.1) is 0 Å². The molecule has 13 heavy (non-hydrogen) atoms. The second-order valence-electron chi connectivity index (χ2n) is 2.85. The Morgan fingerprint density at radius 3 is 2.85 bits per heavy atom. The number of rotatable bonds is 8. The van der Waals surface area contributed by atoms with Crippen LogP contribution in [0.1, 0.15) is 26.2 Å². The summed E-state index contributed by atoms with van der Waals surface area (Å²) in [5.41, 5.74) is 5.21. The Morgan fingerprint density at radius 1 is 1.46 bits per heavy atom. The number of amides is 1. The highest BCUT2D eigenvalue weighted by Crippen LogP contribution is 1.84. The molecule has 0 fully saturated rings. The summed E-state index contributed by atoms with van der Waals surface area (Å²) < 4.78 is 5.25. The zero-order valence-electron chi connectivity index (χ0n) is 8.34. The molecule has 0 aromatic heterocycles. The number of hydrogen-bond acceptors (Lipinski definition) is 3. The van der Waals surface area contributed by atoms with E-state index in [4.69, 9.17) is 10.5 Å². The molecule has 0 radical (unpaired) electrons. The van der Waals surface area contributed by atoms with Crippen molar-refractivity contribution >= 4 is 5.91 Å². The maximum absolute atomic E-state index is 10.9. The lowest BCUT2D eigenvalue weighted by molar-refractivity contribution is -0.120. The summed E-state index contributed by atoms with van der Waals surface area (Å²) in [5.74, 6) is 0.0259. The molecule has 1 amide bonds. The Labute approximate surface area is 79.8 Å². The van der Waals surface area contributed by atoms with E-state index in [9.17, 15) is 4.79 Å². The summed E-state index contributed by atoms with van der Waals surface area (Å²) in [7, 11) is 0. The van der Waals surface area contributed by atoms with Crippen LogP contribution in [0.4, 0.5) is 0 Å². The minimum absolute atomic E-state index is 0.0259. The van der Waals surface area contributed by atoms with Gasteiger partial charge in [-0.1, -0.05) is 6.92 Å². The van der Waals surface area contributed by atoms with E-state index in [1.165, 1.54) is 0 Å². The molecule has 0 unspecified atom stereocenters. The van der Waals surface area contributed by atoms with Crippen LogP contribution in [0.3, 0.4) is 0 Å². The smallest absolute Gasteiger partial charge is 0.221 e. The largest absolute Gasteiger partial charge is 0.381 e. The van der Waals surface area contributed by atoms with E-state index in [2.05, 4.69) is 12.2 Å². The average Bonchev–Trinajstić information content (AvgIpc) is 2.11. The Hall–Kier alpha value is -0.610. The molecule has 0 heterocycles. The van der Waals surface area contributed by atoms with Gasteiger partial charge in [-0.05, 0) is 12.8 Å². The minimum atomic E-state index is 0.0259. The quantitative estimate of drug-likeness (QED) is 0.537. The first-order valence-electron chi connectivity index (χ1n) is 4.85. The third-order valence-corrected chi connectivity index (χ3v) is 1.51. The third-order valence-electron chi connectivity index (χ3n) is 1.51. The summed E-state index contributed by atoms with van der Waals surface area (Å²) in [5, 5.41) is 2.76. The number of nitrogens with one attached hydrogen (secondary N) is 1. The van der Waals surface area contributed by atoms with E-state index in [0.29, 0.717) is 19.5 Å². The highest BCUT2D eigenvalue weighted by molar-refractivity contribution is 5.75. The fourth-order valence-corrected chi connectivity index (χ4v) is 0.868. The lowest BCUT2D eigenvalue weighted by Crippen LogP contribution is -2.27. The van der Waals surface area contributed by atoms with Crippen molar-refractivity contribution in [2.24, 2.45) is 5.73 Å². The van der Waals surface area contributed by atoms with Crippen molar-refractivity contribution in [2.45, 2.75) is 26.2 Å². The monoisotopic (exact) mass is 188 g/mol. The van der Waals surface area contributed by atoms with Gasteiger partial charge in [0.15, 0.2) is 0 Å². The van der Waals surface area contributed by atoms with Crippen LogP contribution in [0.25, 0.3) is 0 Å². The van der Waals surface area contributed by atoms with Crippen LogP contribution in [0.5, 0.6) is 0 Å². The van der Waals surface area contributed by atoms with Gasteiger partial charge in [-0.15, -0.1) is 0 Å². The number of ether oxygens (including phenoxy) is 1. The first-order chi connectivity index (χ1) is 6.31. The molecule has 4 heteroatoms. The Bertz CT molecular complexity index is 129. The summed E-state index contributed by atoms with van der Waals surface area (Å²) in [6.45, 7) is 4.69. The Morgan fingerprint density at radius 2 is 2.23 bits per heavy atom. The van der Waals surface area contributed by atoms with Crippen molar-refractivity contribution in [1.29, 1.82) is 0 Å². The Balaban J connectivity index is 3.02. The van der Waals surface area contributed by atoms with Crippen molar-refractivity contribution in [3.63, 3.8) is 0 Å². The molecule has 0 atom stereocenters. The zero-order valence-corrected chi connectivity index (χ0v) is 8.34. The molecule has 3 N–H and O–H groups in total. The molecular weight excluding hydrogens is 168 g/mol. The van der Waals surface area contributed by atoms with Gasteiger partial charge in [0.25, 0.3) is 0 Å². The topological polar surface area (TPSA) is 64.3 Å². The molecule has 0 aliphatic heterocycles. The molecule has 0 aromatic carbocycles. The van der Waals surface area contributed by atoms with Gasteiger partial charge in [0, 0.05) is 32.7 Å². The van der Waals surface area contributed by atoms with Crippen LogP contribution in [-0.2, 0) is 9.53 Å². The molecule has 0 rings (SSSR count). The van der Waals surface area contributed by atoms with Gasteiger partial charge >= 0.3 is 0 Å². The van der Waals surface area contributed by atoms with Gasteiger partial charge < -0.3 is 15.8 Å². The van der Waals surface area contributed by atoms with Crippen molar-refractivity contribution in [3.05, 3.63) is 0 Å². The molecule has 4 nitrogen and oxygen atoms in total. The first kappa shape index (κ1) is 12.4. The van der Waals surface area contributed by atoms with Crippen molar-refractivity contribution in [2.75, 3.05) is 26.3 Å². The minimum Gasteiger partial charge on any atom is -0.381 e. The molecule has 0 saturated heterocycles. The number of nitrogens with two attached hydrogens (primary N) is 1. The zero-order chi connectivity index (χ0) is 9.94. The predicted octanol–water partition coefficient (Wildman–Crippen LogP) is 0.268. The second-order valence-corrected chi connectivity index (χ2v) is 2.85. The lowest BCUT2D eigenvalue weighted by Gasteiger charge is -2.04. The SMILES string of the molecule is CCCOCCCNC(=O)CCN. The van der Waals surface area contributed by atoms with E-state index in [0.717, 1.165) is 26.1 Å². The van der Waals surface area contributed by atoms with Crippen LogP contribution in [0.2, 0.25) is 0 Å². The van der Waals surface area contributed by atoms with Crippen LogP contribution >= 0.6 is 0 Å². The van der Waals surface area contributed by atoms with Crippen molar-refractivity contribution in [3.8, 4) is 0 Å². The molecule has 0 aromatic rings. The van der Waals surface area contributed by atoms with E-state index in [1.807, 2.05) is 0 Å². The molecular formula is C9H20N2O2. The van der Waals surface area contributed by atoms with Crippen LogP contribution in [0.15, 0.2) is 0 Å². The fraction of sp³-hybridized carbons (Fsp3) is 0.889.